The molecule has 1 aromatic heterocycles. The molecule has 3 heteroatoms. The molecule has 0 aliphatic heterocycles. The predicted octanol–water partition coefficient (Wildman–Crippen LogP) is 3.45. The highest BCUT2D eigenvalue weighted by molar-refractivity contribution is 6.08. The lowest BCUT2D eigenvalue weighted by Gasteiger charge is -2.31. The van der Waals surface area contributed by atoms with E-state index in [1.807, 2.05) is 0 Å². The summed E-state index contributed by atoms with van der Waals surface area (Å²) in [5.41, 5.74) is 3.90. The number of aromatic nitrogens is 1. The lowest BCUT2D eigenvalue weighted by Crippen LogP contribution is -2.32. The Morgan fingerprint density at radius 3 is 2.10 bits per heavy atom. The summed E-state index contributed by atoms with van der Waals surface area (Å²) in [5, 5.41) is 2.65. The molecule has 3 nitrogen and oxygen atoms in total. The third kappa shape index (κ3) is 2.23. The highest BCUT2D eigenvalue weighted by atomic mass is 15.3. The van der Waals surface area contributed by atoms with Gasteiger partial charge in [0.15, 0.2) is 0 Å². The number of aryl methyl sites for hydroxylation is 1. The molecule has 21 heavy (non-hydrogen) atoms. The number of rotatable bonds is 3. The van der Waals surface area contributed by atoms with Gasteiger partial charge in [0.05, 0.1) is 6.17 Å². The molecule has 0 bridgehead atoms. The van der Waals surface area contributed by atoms with Gasteiger partial charge in [0.2, 0.25) is 0 Å². The Balaban J connectivity index is 2.25. The highest BCUT2D eigenvalue weighted by Gasteiger charge is 2.18. The van der Waals surface area contributed by atoms with Crippen molar-refractivity contribution in [3.8, 4) is 0 Å². The van der Waals surface area contributed by atoms with Crippen molar-refractivity contribution in [2.24, 2.45) is 7.05 Å². The number of nitrogens with zero attached hydrogens (tertiary/aromatic N) is 3. The van der Waals surface area contributed by atoms with Crippen molar-refractivity contribution in [1.82, 2.24) is 14.4 Å². The van der Waals surface area contributed by atoms with Gasteiger partial charge in [-0.3, -0.25) is 9.80 Å². The van der Waals surface area contributed by atoms with Crippen molar-refractivity contribution in [1.29, 1.82) is 0 Å². The lowest BCUT2D eigenvalue weighted by molar-refractivity contribution is 0.131. The van der Waals surface area contributed by atoms with Gasteiger partial charge >= 0.3 is 0 Å². The largest absolute Gasteiger partial charge is 0.344 e. The second kappa shape index (κ2) is 5.17. The number of fused-ring (bicyclic) bond motifs is 3. The SMILES string of the molecule is CN(C)C(c1ccc2c3ccccc3n(C)c2c1)N(C)C. The van der Waals surface area contributed by atoms with E-state index in [9.17, 15) is 0 Å². The van der Waals surface area contributed by atoms with Gasteiger partial charge in [0.1, 0.15) is 0 Å². The zero-order chi connectivity index (χ0) is 15.1. The van der Waals surface area contributed by atoms with Gasteiger partial charge in [-0.25, -0.2) is 0 Å². The molecular weight excluding hydrogens is 258 g/mol. The molecule has 0 radical (unpaired) electrons. The molecule has 0 aliphatic carbocycles. The number of para-hydroxylation sites is 1. The fourth-order valence-corrected chi connectivity index (χ4v) is 3.40. The molecule has 3 aromatic rings. The summed E-state index contributed by atoms with van der Waals surface area (Å²) in [6, 6.07) is 15.4. The monoisotopic (exact) mass is 281 g/mol. The Labute approximate surface area is 126 Å². The molecule has 0 spiro atoms. The number of hydrogen-bond donors (Lipinski definition) is 0. The molecule has 0 unspecified atom stereocenters. The summed E-state index contributed by atoms with van der Waals surface area (Å²) in [7, 11) is 10.6. The standard InChI is InChI=1S/C18H23N3/c1-19(2)18(20(3)4)13-10-11-15-14-8-6-7-9-16(14)21(5)17(15)12-13/h6-12,18H,1-5H3. The van der Waals surface area contributed by atoms with Gasteiger partial charge in [-0.1, -0.05) is 30.3 Å². The van der Waals surface area contributed by atoms with Crippen LogP contribution in [0.15, 0.2) is 42.5 Å². The van der Waals surface area contributed by atoms with E-state index in [-0.39, 0.29) is 6.17 Å². The van der Waals surface area contributed by atoms with Gasteiger partial charge < -0.3 is 4.57 Å². The molecule has 0 amide bonds. The Morgan fingerprint density at radius 1 is 0.810 bits per heavy atom. The first-order chi connectivity index (χ1) is 10.0. The average Bonchev–Trinajstić information content (AvgIpc) is 2.72. The Hall–Kier alpha value is -1.84. The van der Waals surface area contributed by atoms with Crippen LogP contribution in [0, 0.1) is 0 Å². The fourth-order valence-electron chi connectivity index (χ4n) is 3.40. The van der Waals surface area contributed by atoms with Crippen LogP contribution in [0.1, 0.15) is 11.7 Å². The van der Waals surface area contributed by atoms with Crippen LogP contribution in [0.3, 0.4) is 0 Å². The summed E-state index contributed by atoms with van der Waals surface area (Å²) in [5.74, 6) is 0. The smallest absolute Gasteiger partial charge is 0.0876 e. The highest BCUT2D eigenvalue weighted by Crippen LogP contribution is 2.31. The maximum absolute atomic E-state index is 2.32. The molecule has 0 saturated carbocycles. The molecule has 1 heterocycles. The van der Waals surface area contributed by atoms with Crippen molar-refractivity contribution in [2.45, 2.75) is 6.17 Å². The van der Waals surface area contributed by atoms with Crippen LogP contribution in [0.5, 0.6) is 0 Å². The van der Waals surface area contributed by atoms with Crippen LogP contribution < -0.4 is 0 Å². The molecule has 110 valence electrons. The van der Waals surface area contributed by atoms with E-state index in [2.05, 4.69) is 92.1 Å². The first-order valence-corrected chi connectivity index (χ1v) is 7.30. The van der Waals surface area contributed by atoms with Crippen molar-refractivity contribution < 1.29 is 0 Å². The maximum atomic E-state index is 2.32. The topological polar surface area (TPSA) is 11.4 Å². The number of benzene rings is 2. The van der Waals surface area contributed by atoms with Crippen LogP contribution in [-0.4, -0.2) is 42.6 Å². The van der Waals surface area contributed by atoms with Crippen molar-refractivity contribution >= 4 is 21.8 Å². The van der Waals surface area contributed by atoms with Gasteiger partial charge in [-0.05, 0) is 45.9 Å². The molecule has 2 aromatic carbocycles. The van der Waals surface area contributed by atoms with Gasteiger partial charge in [0, 0.05) is 28.9 Å². The quantitative estimate of drug-likeness (QED) is 0.681. The molecule has 0 N–H and O–H groups in total. The fraction of sp³-hybridized carbons (Fsp3) is 0.333. The molecule has 0 atom stereocenters. The second-order valence-corrected chi connectivity index (χ2v) is 6.15. The molecule has 0 aliphatic rings. The second-order valence-electron chi connectivity index (χ2n) is 6.15. The summed E-state index contributed by atoms with van der Waals surface area (Å²) in [6.45, 7) is 0. The Kier molecular flexibility index (Phi) is 3.47. The summed E-state index contributed by atoms with van der Waals surface area (Å²) in [6.07, 6.45) is 0.285. The summed E-state index contributed by atoms with van der Waals surface area (Å²) in [4.78, 5) is 4.48. The minimum atomic E-state index is 0.285. The molecule has 0 saturated heterocycles. The lowest BCUT2D eigenvalue weighted by atomic mass is 10.1. The van der Waals surface area contributed by atoms with Crippen LogP contribution >= 0.6 is 0 Å². The van der Waals surface area contributed by atoms with E-state index in [4.69, 9.17) is 0 Å². The maximum Gasteiger partial charge on any atom is 0.0876 e. The van der Waals surface area contributed by atoms with Gasteiger partial charge in [-0.2, -0.15) is 0 Å². The van der Waals surface area contributed by atoms with Gasteiger partial charge in [0.25, 0.3) is 0 Å². The van der Waals surface area contributed by atoms with E-state index >= 15 is 0 Å². The van der Waals surface area contributed by atoms with Crippen LogP contribution in [-0.2, 0) is 7.05 Å². The first kappa shape index (κ1) is 14.1. The zero-order valence-corrected chi connectivity index (χ0v) is 13.5. The van der Waals surface area contributed by atoms with E-state index < -0.39 is 0 Å². The van der Waals surface area contributed by atoms with Crippen molar-refractivity contribution in [2.75, 3.05) is 28.2 Å². The number of hydrogen-bond acceptors (Lipinski definition) is 2. The van der Waals surface area contributed by atoms with Crippen molar-refractivity contribution in [3.05, 3.63) is 48.0 Å². The van der Waals surface area contributed by atoms with Gasteiger partial charge in [-0.15, -0.1) is 0 Å². The molecule has 0 fully saturated rings. The third-order valence-electron chi connectivity index (χ3n) is 4.22. The van der Waals surface area contributed by atoms with Crippen LogP contribution in [0.4, 0.5) is 0 Å². The Morgan fingerprint density at radius 2 is 1.43 bits per heavy atom. The van der Waals surface area contributed by atoms with E-state index in [0.29, 0.717) is 0 Å². The van der Waals surface area contributed by atoms with Crippen molar-refractivity contribution in [3.63, 3.8) is 0 Å². The van der Waals surface area contributed by atoms with Crippen LogP contribution in [0.25, 0.3) is 21.8 Å². The van der Waals surface area contributed by atoms with E-state index in [1.165, 1.54) is 27.4 Å². The zero-order valence-electron chi connectivity index (χ0n) is 13.5. The van der Waals surface area contributed by atoms with E-state index in [1.54, 1.807) is 0 Å². The summed E-state index contributed by atoms with van der Waals surface area (Å²) < 4.78 is 2.29. The average molecular weight is 281 g/mol. The minimum Gasteiger partial charge on any atom is -0.344 e. The van der Waals surface area contributed by atoms with E-state index in [0.717, 1.165) is 0 Å². The minimum absolute atomic E-state index is 0.285. The molecule has 3 rings (SSSR count). The molecular formula is C18H23N3. The predicted molar refractivity (Wildman–Crippen MR) is 90.5 cm³/mol. The van der Waals surface area contributed by atoms with Crippen LogP contribution in [0.2, 0.25) is 0 Å². The normalized spacial score (nSPS) is 12.4. The Bertz CT molecular complexity index is 776. The third-order valence-corrected chi connectivity index (χ3v) is 4.22. The summed E-state index contributed by atoms with van der Waals surface area (Å²) >= 11 is 0. The first-order valence-electron chi connectivity index (χ1n) is 7.30.